The average Bonchev–Trinajstić information content (AvgIpc) is 3.21. The van der Waals surface area contributed by atoms with Crippen molar-refractivity contribution in [3.8, 4) is 0 Å². The number of aliphatic carboxylic acids is 1. The second-order valence-corrected chi connectivity index (χ2v) is 6.93. The molecule has 0 aromatic carbocycles. The first-order valence-corrected chi connectivity index (χ1v) is 9.40. The molecule has 1 aromatic rings. The van der Waals surface area contributed by atoms with Crippen LogP contribution < -0.4 is 27.4 Å². The number of amides is 4. The maximum Gasteiger partial charge on any atom is 0.328 e. The summed E-state index contributed by atoms with van der Waals surface area (Å²) in [6.07, 6.45) is 0.669. The van der Waals surface area contributed by atoms with E-state index in [2.05, 4.69) is 20.6 Å². The van der Waals surface area contributed by atoms with Crippen LogP contribution in [0.3, 0.4) is 0 Å². The lowest BCUT2D eigenvalue weighted by Crippen LogP contribution is -2.59. The van der Waals surface area contributed by atoms with Gasteiger partial charge in [-0.25, -0.2) is 9.78 Å². The number of nitrogens with two attached hydrogens (primary N) is 2. The summed E-state index contributed by atoms with van der Waals surface area (Å²) in [4.78, 5) is 65.9. The van der Waals surface area contributed by atoms with Crippen LogP contribution in [0.25, 0.3) is 0 Å². The van der Waals surface area contributed by atoms with E-state index >= 15 is 0 Å². The van der Waals surface area contributed by atoms with Gasteiger partial charge >= 0.3 is 5.97 Å². The Hall–Kier alpha value is -3.56. The van der Waals surface area contributed by atoms with E-state index in [0.29, 0.717) is 5.69 Å². The summed E-state index contributed by atoms with van der Waals surface area (Å²) >= 11 is 0. The number of imidazole rings is 1. The number of hydrogen-bond acceptors (Lipinski definition) is 9. The van der Waals surface area contributed by atoms with Crippen molar-refractivity contribution < 1.29 is 39.3 Å². The number of carboxylic acids is 1. The highest BCUT2D eigenvalue weighted by Crippen LogP contribution is 2.02. The molecule has 0 fully saturated rings. The second-order valence-electron chi connectivity index (χ2n) is 6.93. The number of aromatic amines is 1. The fourth-order valence-corrected chi connectivity index (χ4v) is 2.52. The molecule has 0 saturated carbocycles. The van der Waals surface area contributed by atoms with Crippen molar-refractivity contribution in [2.24, 2.45) is 11.5 Å². The van der Waals surface area contributed by atoms with Crippen LogP contribution in [0, 0.1) is 0 Å². The van der Waals surface area contributed by atoms with E-state index in [1.165, 1.54) is 12.5 Å². The third kappa shape index (κ3) is 8.29. The summed E-state index contributed by atoms with van der Waals surface area (Å²) in [5.41, 5.74) is 11.0. The van der Waals surface area contributed by atoms with Gasteiger partial charge in [0, 0.05) is 18.3 Å². The van der Waals surface area contributed by atoms with Crippen molar-refractivity contribution in [2.75, 3.05) is 6.61 Å². The molecule has 178 valence electrons. The molecule has 1 heterocycles. The molecule has 0 aliphatic rings. The fraction of sp³-hybridized carbons (Fsp3) is 0.529. The Morgan fingerprint density at radius 1 is 1.09 bits per heavy atom. The van der Waals surface area contributed by atoms with Crippen molar-refractivity contribution in [1.29, 1.82) is 0 Å². The van der Waals surface area contributed by atoms with E-state index in [0.717, 1.165) is 6.92 Å². The Bertz CT molecular complexity index is 814. The van der Waals surface area contributed by atoms with E-state index < -0.39 is 72.9 Å². The first-order chi connectivity index (χ1) is 15.0. The van der Waals surface area contributed by atoms with Gasteiger partial charge in [-0.15, -0.1) is 0 Å². The van der Waals surface area contributed by atoms with Gasteiger partial charge in [0.1, 0.15) is 12.1 Å². The Kier molecular flexibility index (Phi) is 10.2. The van der Waals surface area contributed by atoms with Gasteiger partial charge in [0.15, 0.2) is 6.04 Å². The molecule has 5 unspecified atom stereocenters. The predicted octanol–water partition coefficient (Wildman–Crippen LogP) is -4.93. The Balaban J connectivity index is 2.94. The Morgan fingerprint density at radius 2 is 1.69 bits per heavy atom. The Labute approximate surface area is 181 Å². The number of hydrogen-bond donors (Lipinski definition) is 9. The first-order valence-electron chi connectivity index (χ1n) is 9.40. The molecule has 15 nitrogen and oxygen atoms in total. The summed E-state index contributed by atoms with van der Waals surface area (Å²) in [6, 6.07) is -5.91. The molecule has 15 heteroatoms. The molecule has 0 saturated heterocycles. The number of nitrogens with one attached hydrogen (secondary N) is 4. The summed E-state index contributed by atoms with van der Waals surface area (Å²) in [6.45, 7) is 0.229. The normalized spacial score (nSPS) is 15.5. The van der Waals surface area contributed by atoms with Crippen molar-refractivity contribution in [3.63, 3.8) is 0 Å². The van der Waals surface area contributed by atoms with E-state index in [1.54, 1.807) is 0 Å². The molecule has 0 spiro atoms. The minimum atomic E-state index is -1.68. The van der Waals surface area contributed by atoms with Crippen LogP contribution >= 0.6 is 0 Å². The van der Waals surface area contributed by atoms with E-state index in [-0.39, 0.29) is 6.42 Å². The maximum absolute atomic E-state index is 12.7. The van der Waals surface area contributed by atoms with E-state index in [1.807, 2.05) is 5.32 Å². The predicted molar refractivity (Wildman–Crippen MR) is 106 cm³/mol. The lowest BCUT2D eigenvalue weighted by Gasteiger charge is -2.24. The fourth-order valence-electron chi connectivity index (χ4n) is 2.52. The monoisotopic (exact) mass is 457 g/mol. The second kappa shape index (κ2) is 12.3. The molecule has 0 aliphatic carbocycles. The lowest BCUT2D eigenvalue weighted by atomic mass is 10.1. The van der Waals surface area contributed by atoms with Crippen LogP contribution in [-0.2, 0) is 30.4 Å². The largest absolute Gasteiger partial charge is 0.480 e. The number of aliphatic hydroxyl groups is 2. The smallest absolute Gasteiger partial charge is 0.328 e. The topological polar surface area (TPSA) is 263 Å². The van der Waals surface area contributed by atoms with Gasteiger partial charge in [-0.2, -0.15) is 0 Å². The molecule has 4 amide bonds. The number of aromatic nitrogens is 2. The molecule has 5 atom stereocenters. The van der Waals surface area contributed by atoms with Crippen molar-refractivity contribution >= 4 is 29.6 Å². The Morgan fingerprint density at radius 3 is 2.16 bits per heavy atom. The van der Waals surface area contributed by atoms with E-state index in [4.69, 9.17) is 16.6 Å². The maximum atomic E-state index is 12.7. The molecular weight excluding hydrogens is 430 g/mol. The third-order valence-corrected chi connectivity index (χ3v) is 4.23. The van der Waals surface area contributed by atoms with Crippen molar-refractivity contribution in [3.05, 3.63) is 18.2 Å². The molecular formula is C17H27N7O8. The summed E-state index contributed by atoms with van der Waals surface area (Å²) < 4.78 is 0. The highest BCUT2D eigenvalue weighted by molar-refractivity contribution is 5.95. The molecule has 0 radical (unpaired) electrons. The number of primary amides is 1. The standard InChI is InChI=1S/C17H27N7O8/c1-7(26)13(17(31)32)24-16(30)11(5-25)23-15(29)10(2-8-4-20-6-21-8)22-14(28)9(18)3-12(19)27/h4,6-7,9-11,13,25-26H,2-3,5,18H2,1H3,(H2,19,27)(H,20,21)(H,22,28)(H,23,29)(H,24,30)(H,31,32). The molecule has 1 rings (SSSR count). The minimum Gasteiger partial charge on any atom is -0.480 e. The highest BCUT2D eigenvalue weighted by atomic mass is 16.4. The molecule has 0 bridgehead atoms. The van der Waals surface area contributed by atoms with Crippen molar-refractivity contribution in [2.45, 2.75) is 50.0 Å². The quantitative estimate of drug-likeness (QED) is 0.136. The van der Waals surface area contributed by atoms with E-state index in [9.17, 15) is 34.2 Å². The zero-order valence-corrected chi connectivity index (χ0v) is 17.1. The van der Waals surface area contributed by atoms with Gasteiger partial charge in [0.05, 0.1) is 31.5 Å². The first kappa shape index (κ1) is 26.5. The third-order valence-electron chi connectivity index (χ3n) is 4.23. The minimum absolute atomic E-state index is 0.119. The van der Waals surface area contributed by atoms with Gasteiger partial charge < -0.3 is 47.7 Å². The van der Waals surface area contributed by atoms with Crippen LogP contribution in [-0.4, -0.2) is 91.8 Å². The number of H-pyrrole nitrogens is 1. The highest BCUT2D eigenvalue weighted by Gasteiger charge is 2.32. The number of carboxylic acid groups (broad SMARTS) is 1. The summed E-state index contributed by atoms with van der Waals surface area (Å²) in [7, 11) is 0. The number of carbonyl (C=O) groups is 5. The number of nitrogens with zero attached hydrogens (tertiary/aromatic N) is 1. The average molecular weight is 457 g/mol. The lowest BCUT2D eigenvalue weighted by molar-refractivity contribution is -0.145. The summed E-state index contributed by atoms with van der Waals surface area (Å²) in [5.74, 6) is -5.22. The van der Waals surface area contributed by atoms with Gasteiger partial charge in [-0.05, 0) is 6.92 Å². The molecule has 0 aliphatic heterocycles. The summed E-state index contributed by atoms with van der Waals surface area (Å²) in [5, 5.41) is 34.5. The van der Waals surface area contributed by atoms with Crippen molar-refractivity contribution in [1.82, 2.24) is 25.9 Å². The molecule has 11 N–H and O–H groups in total. The van der Waals surface area contributed by atoms with Gasteiger partial charge in [-0.3, -0.25) is 19.2 Å². The van der Waals surface area contributed by atoms with Gasteiger partial charge in [0.2, 0.25) is 23.6 Å². The van der Waals surface area contributed by atoms with Crippen LogP contribution in [0.5, 0.6) is 0 Å². The molecule has 1 aromatic heterocycles. The SMILES string of the molecule is CC(O)C(NC(=O)C(CO)NC(=O)C(Cc1cnc[nH]1)NC(=O)C(N)CC(N)=O)C(=O)O. The number of carbonyl (C=O) groups excluding carboxylic acids is 4. The van der Waals surface area contributed by atoms with Gasteiger partial charge in [0.25, 0.3) is 0 Å². The van der Waals surface area contributed by atoms with Crippen LogP contribution in [0.1, 0.15) is 19.0 Å². The van der Waals surface area contributed by atoms with Crippen LogP contribution in [0.2, 0.25) is 0 Å². The van der Waals surface area contributed by atoms with Gasteiger partial charge in [-0.1, -0.05) is 0 Å². The van der Waals surface area contributed by atoms with Crippen LogP contribution in [0.4, 0.5) is 0 Å². The number of rotatable bonds is 13. The molecule has 32 heavy (non-hydrogen) atoms. The van der Waals surface area contributed by atoms with Crippen LogP contribution in [0.15, 0.2) is 12.5 Å². The zero-order valence-electron chi connectivity index (χ0n) is 17.1. The number of aliphatic hydroxyl groups excluding tert-OH is 2. The zero-order chi connectivity index (χ0) is 24.4.